The molecule has 2 atom stereocenters. The molecule has 16 heavy (non-hydrogen) atoms. The minimum absolute atomic E-state index is 0.0370. The Balaban J connectivity index is 2.29. The van der Waals surface area contributed by atoms with Crippen LogP contribution in [0, 0.1) is 5.92 Å². The van der Waals surface area contributed by atoms with Crippen molar-refractivity contribution in [2.24, 2.45) is 5.92 Å². The Morgan fingerprint density at radius 2 is 2.12 bits per heavy atom. The number of nitrogens with zero attached hydrogens (tertiary/aromatic N) is 1. The van der Waals surface area contributed by atoms with Crippen molar-refractivity contribution in [1.82, 2.24) is 4.90 Å². The van der Waals surface area contributed by atoms with E-state index in [2.05, 4.69) is 0 Å². The molecule has 0 aromatic carbocycles. The smallest absolute Gasteiger partial charge is 0.313 e. The molecule has 1 rings (SSSR count). The van der Waals surface area contributed by atoms with Crippen LogP contribution in [-0.4, -0.2) is 57.7 Å². The number of carbonyl (C=O) groups is 2. The Kier molecular flexibility index (Phi) is 5.08. The SMILES string of the molecule is CC1CN(C(=O)CSCC(=O)O)CCC1O. The fourth-order valence-corrected chi connectivity index (χ4v) is 2.31. The molecule has 1 aliphatic rings. The standard InChI is InChI=1S/C10H17NO4S/c1-7-4-11(3-2-8(7)12)9(13)5-16-6-10(14)15/h7-8,12H,2-6H2,1H3,(H,14,15). The zero-order chi connectivity index (χ0) is 12.1. The molecule has 0 spiro atoms. The van der Waals surface area contributed by atoms with Gasteiger partial charge in [0.2, 0.25) is 5.91 Å². The average Bonchev–Trinajstić information content (AvgIpc) is 2.21. The van der Waals surface area contributed by atoms with Gasteiger partial charge in [0.15, 0.2) is 0 Å². The van der Waals surface area contributed by atoms with E-state index >= 15 is 0 Å². The van der Waals surface area contributed by atoms with Crippen molar-refractivity contribution < 1.29 is 19.8 Å². The molecule has 1 fully saturated rings. The van der Waals surface area contributed by atoms with E-state index < -0.39 is 5.97 Å². The van der Waals surface area contributed by atoms with Crippen LogP contribution in [-0.2, 0) is 9.59 Å². The topological polar surface area (TPSA) is 77.8 Å². The first-order chi connectivity index (χ1) is 7.50. The van der Waals surface area contributed by atoms with Gasteiger partial charge in [0, 0.05) is 13.1 Å². The van der Waals surface area contributed by atoms with Gasteiger partial charge in [-0.3, -0.25) is 9.59 Å². The highest BCUT2D eigenvalue weighted by molar-refractivity contribution is 8.00. The van der Waals surface area contributed by atoms with Crippen LogP contribution in [0.1, 0.15) is 13.3 Å². The maximum Gasteiger partial charge on any atom is 0.313 e. The van der Waals surface area contributed by atoms with Crippen LogP contribution in [0.25, 0.3) is 0 Å². The highest BCUT2D eigenvalue weighted by atomic mass is 32.2. The van der Waals surface area contributed by atoms with Crippen LogP contribution in [0.5, 0.6) is 0 Å². The molecule has 2 unspecified atom stereocenters. The number of carboxylic acid groups (broad SMARTS) is 1. The number of aliphatic hydroxyl groups is 1. The number of hydrogen-bond acceptors (Lipinski definition) is 4. The summed E-state index contributed by atoms with van der Waals surface area (Å²) in [5.74, 6) is -0.681. The minimum Gasteiger partial charge on any atom is -0.481 e. The third-order valence-corrected chi connectivity index (χ3v) is 3.57. The van der Waals surface area contributed by atoms with E-state index in [-0.39, 0.29) is 29.4 Å². The van der Waals surface area contributed by atoms with Crippen molar-refractivity contribution in [2.45, 2.75) is 19.4 Å². The van der Waals surface area contributed by atoms with Crippen LogP contribution in [0.3, 0.4) is 0 Å². The number of aliphatic carboxylic acids is 1. The molecule has 1 amide bonds. The van der Waals surface area contributed by atoms with Crippen LogP contribution >= 0.6 is 11.8 Å². The Labute approximate surface area is 98.8 Å². The summed E-state index contributed by atoms with van der Waals surface area (Å²) in [5, 5.41) is 17.9. The molecule has 0 aliphatic carbocycles. The van der Waals surface area contributed by atoms with Crippen molar-refractivity contribution >= 4 is 23.6 Å². The third kappa shape index (κ3) is 4.02. The van der Waals surface area contributed by atoms with Gasteiger partial charge < -0.3 is 15.1 Å². The lowest BCUT2D eigenvalue weighted by molar-refractivity contribution is -0.134. The van der Waals surface area contributed by atoms with E-state index in [0.717, 1.165) is 11.8 Å². The third-order valence-electron chi connectivity index (χ3n) is 2.66. The minimum atomic E-state index is -0.903. The number of thioether (sulfide) groups is 1. The van der Waals surface area contributed by atoms with Gasteiger partial charge in [-0.05, 0) is 12.3 Å². The van der Waals surface area contributed by atoms with Crippen LogP contribution in [0.2, 0.25) is 0 Å². The van der Waals surface area contributed by atoms with Gasteiger partial charge in [0.1, 0.15) is 0 Å². The van der Waals surface area contributed by atoms with Gasteiger partial charge in [-0.2, -0.15) is 0 Å². The fraction of sp³-hybridized carbons (Fsp3) is 0.800. The van der Waals surface area contributed by atoms with Crippen LogP contribution in [0.15, 0.2) is 0 Å². The molecule has 0 radical (unpaired) electrons. The second-order valence-electron chi connectivity index (χ2n) is 4.06. The summed E-state index contributed by atoms with van der Waals surface area (Å²) in [6, 6.07) is 0. The number of rotatable bonds is 4. The first-order valence-corrected chi connectivity index (χ1v) is 6.41. The Morgan fingerprint density at radius 3 is 2.69 bits per heavy atom. The molecule has 1 aliphatic heterocycles. The predicted octanol–water partition coefficient (Wildman–Crippen LogP) is 0.0335. The molecular formula is C10H17NO4S. The van der Waals surface area contributed by atoms with E-state index in [4.69, 9.17) is 5.11 Å². The summed E-state index contributed by atoms with van der Waals surface area (Å²) in [5.41, 5.74) is 0. The van der Waals surface area contributed by atoms with E-state index in [1.54, 1.807) is 4.90 Å². The van der Waals surface area contributed by atoms with E-state index in [1.807, 2.05) is 6.92 Å². The van der Waals surface area contributed by atoms with Crippen molar-refractivity contribution in [3.05, 3.63) is 0 Å². The number of piperidine rings is 1. The van der Waals surface area contributed by atoms with Gasteiger partial charge >= 0.3 is 5.97 Å². The molecule has 92 valence electrons. The molecule has 6 heteroatoms. The summed E-state index contributed by atoms with van der Waals surface area (Å²) < 4.78 is 0. The summed E-state index contributed by atoms with van der Waals surface area (Å²) in [7, 11) is 0. The lowest BCUT2D eigenvalue weighted by Gasteiger charge is -2.34. The van der Waals surface area contributed by atoms with Crippen LogP contribution in [0.4, 0.5) is 0 Å². The molecule has 0 aromatic rings. The monoisotopic (exact) mass is 247 g/mol. The van der Waals surface area contributed by atoms with Crippen molar-refractivity contribution in [3.8, 4) is 0 Å². The van der Waals surface area contributed by atoms with E-state index in [9.17, 15) is 14.7 Å². The number of aliphatic hydroxyl groups excluding tert-OH is 1. The summed E-state index contributed by atoms with van der Waals surface area (Å²) in [6.07, 6.45) is 0.284. The summed E-state index contributed by atoms with van der Waals surface area (Å²) in [6.45, 7) is 3.04. The van der Waals surface area contributed by atoms with Gasteiger partial charge in [-0.1, -0.05) is 6.92 Å². The molecule has 0 bridgehead atoms. The molecule has 2 N–H and O–H groups in total. The number of hydrogen-bond donors (Lipinski definition) is 2. The van der Waals surface area contributed by atoms with Gasteiger partial charge in [-0.15, -0.1) is 11.8 Å². The van der Waals surface area contributed by atoms with Crippen LogP contribution < -0.4 is 0 Å². The summed E-state index contributed by atoms with van der Waals surface area (Å²) >= 11 is 1.11. The normalized spacial score (nSPS) is 25.5. The van der Waals surface area contributed by atoms with Gasteiger partial charge in [0.05, 0.1) is 17.6 Å². The Bertz CT molecular complexity index is 272. The van der Waals surface area contributed by atoms with E-state index in [0.29, 0.717) is 19.5 Å². The Hall–Kier alpha value is -0.750. The molecule has 0 saturated carbocycles. The number of likely N-dealkylation sites (tertiary alicyclic amines) is 1. The second-order valence-corrected chi connectivity index (χ2v) is 5.05. The van der Waals surface area contributed by atoms with Crippen molar-refractivity contribution in [2.75, 3.05) is 24.6 Å². The largest absolute Gasteiger partial charge is 0.481 e. The fourth-order valence-electron chi connectivity index (χ4n) is 1.68. The molecule has 5 nitrogen and oxygen atoms in total. The van der Waals surface area contributed by atoms with Gasteiger partial charge in [0.25, 0.3) is 0 Å². The molecule has 1 saturated heterocycles. The quantitative estimate of drug-likeness (QED) is 0.733. The molecule has 0 aromatic heterocycles. The number of carbonyl (C=O) groups excluding carboxylic acids is 1. The maximum absolute atomic E-state index is 11.7. The van der Waals surface area contributed by atoms with E-state index in [1.165, 1.54) is 0 Å². The number of amides is 1. The van der Waals surface area contributed by atoms with Crippen molar-refractivity contribution in [3.63, 3.8) is 0 Å². The first kappa shape index (κ1) is 13.3. The lowest BCUT2D eigenvalue weighted by atomic mass is 9.97. The lowest BCUT2D eigenvalue weighted by Crippen LogP contribution is -2.45. The van der Waals surface area contributed by atoms with Crippen molar-refractivity contribution in [1.29, 1.82) is 0 Å². The second kappa shape index (κ2) is 6.10. The zero-order valence-electron chi connectivity index (χ0n) is 9.26. The Morgan fingerprint density at radius 1 is 1.44 bits per heavy atom. The highest BCUT2D eigenvalue weighted by Gasteiger charge is 2.26. The molecule has 1 heterocycles. The molecular weight excluding hydrogens is 230 g/mol. The number of carboxylic acids is 1. The average molecular weight is 247 g/mol. The first-order valence-electron chi connectivity index (χ1n) is 5.26. The zero-order valence-corrected chi connectivity index (χ0v) is 10.1. The highest BCUT2D eigenvalue weighted by Crippen LogP contribution is 2.17. The van der Waals surface area contributed by atoms with Gasteiger partial charge in [-0.25, -0.2) is 0 Å². The maximum atomic E-state index is 11.7. The predicted molar refractivity (Wildman–Crippen MR) is 61.3 cm³/mol. The summed E-state index contributed by atoms with van der Waals surface area (Å²) in [4.78, 5) is 23.6.